The van der Waals surface area contributed by atoms with E-state index in [1.165, 1.54) is 5.56 Å². The van der Waals surface area contributed by atoms with E-state index in [0.29, 0.717) is 6.54 Å². The standard InChI is InChI=1S/C13H17ClN4/c1-9(11-4-6-12(14)7-5-11)15-8-13-17-16-10(2)18(13)3/h4-7,9,15H,8H2,1-3H3/t9-/m1/s1. The Hall–Kier alpha value is -1.39. The molecule has 0 spiro atoms. The molecule has 1 aromatic carbocycles. The summed E-state index contributed by atoms with van der Waals surface area (Å²) in [6.45, 7) is 4.76. The number of rotatable bonds is 4. The van der Waals surface area contributed by atoms with Crippen molar-refractivity contribution in [3.8, 4) is 0 Å². The van der Waals surface area contributed by atoms with Crippen LogP contribution in [0.2, 0.25) is 5.02 Å². The van der Waals surface area contributed by atoms with E-state index in [4.69, 9.17) is 11.6 Å². The van der Waals surface area contributed by atoms with Crippen LogP contribution in [0.4, 0.5) is 0 Å². The topological polar surface area (TPSA) is 42.7 Å². The van der Waals surface area contributed by atoms with Crippen LogP contribution in [-0.4, -0.2) is 14.8 Å². The molecule has 4 nitrogen and oxygen atoms in total. The lowest BCUT2D eigenvalue weighted by Gasteiger charge is -2.14. The highest BCUT2D eigenvalue weighted by Gasteiger charge is 2.08. The predicted octanol–water partition coefficient (Wildman–Crippen LogP) is 2.63. The van der Waals surface area contributed by atoms with Gasteiger partial charge in [0, 0.05) is 18.1 Å². The fourth-order valence-electron chi connectivity index (χ4n) is 1.72. The molecule has 2 aromatic rings. The van der Waals surface area contributed by atoms with Gasteiger partial charge in [-0.15, -0.1) is 10.2 Å². The maximum Gasteiger partial charge on any atom is 0.146 e. The molecule has 2 rings (SSSR count). The molecule has 96 valence electrons. The van der Waals surface area contributed by atoms with Gasteiger partial charge in [0.2, 0.25) is 0 Å². The van der Waals surface area contributed by atoms with Gasteiger partial charge in [-0.05, 0) is 31.5 Å². The molecule has 0 saturated carbocycles. The summed E-state index contributed by atoms with van der Waals surface area (Å²) in [5, 5.41) is 12.3. The monoisotopic (exact) mass is 264 g/mol. The first-order valence-electron chi connectivity index (χ1n) is 5.91. The second-order valence-electron chi connectivity index (χ2n) is 4.38. The fourth-order valence-corrected chi connectivity index (χ4v) is 1.84. The highest BCUT2D eigenvalue weighted by molar-refractivity contribution is 6.30. The lowest BCUT2D eigenvalue weighted by Crippen LogP contribution is -2.20. The predicted molar refractivity (Wildman–Crippen MR) is 72.4 cm³/mol. The van der Waals surface area contributed by atoms with Gasteiger partial charge in [-0.2, -0.15) is 0 Å². The molecule has 0 unspecified atom stereocenters. The first kappa shape index (κ1) is 13.1. The minimum Gasteiger partial charge on any atom is -0.317 e. The Bertz CT molecular complexity index is 518. The Labute approximate surface area is 112 Å². The molecule has 0 radical (unpaired) electrons. The van der Waals surface area contributed by atoms with Crippen molar-refractivity contribution in [2.45, 2.75) is 26.4 Å². The maximum absolute atomic E-state index is 5.87. The number of nitrogens with zero attached hydrogens (tertiary/aromatic N) is 3. The third-order valence-corrected chi connectivity index (χ3v) is 3.37. The Morgan fingerprint density at radius 2 is 1.94 bits per heavy atom. The van der Waals surface area contributed by atoms with Crippen LogP contribution in [0.1, 0.15) is 30.2 Å². The van der Waals surface area contributed by atoms with Gasteiger partial charge in [0.05, 0.1) is 6.54 Å². The third kappa shape index (κ3) is 2.89. The van der Waals surface area contributed by atoms with Crippen molar-refractivity contribution in [2.24, 2.45) is 7.05 Å². The van der Waals surface area contributed by atoms with Crippen molar-refractivity contribution in [1.82, 2.24) is 20.1 Å². The van der Waals surface area contributed by atoms with Crippen molar-refractivity contribution in [2.75, 3.05) is 0 Å². The summed E-state index contributed by atoms with van der Waals surface area (Å²) in [6.07, 6.45) is 0. The van der Waals surface area contributed by atoms with Crippen LogP contribution in [0.25, 0.3) is 0 Å². The number of halogens is 1. The summed E-state index contributed by atoms with van der Waals surface area (Å²) in [7, 11) is 1.97. The molecular formula is C13H17ClN4. The first-order chi connectivity index (χ1) is 8.58. The zero-order chi connectivity index (χ0) is 13.1. The van der Waals surface area contributed by atoms with Gasteiger partial charge in [-0.25, -0.2) is 0 Å². The molecule has 1 atom stereocenters. The molecule has 5 heteroatoms. The van der Waals surface area contributed by atoms with Gasteiger partial charge in [-0.1, -0.05) is 23.7 Å². The van der Waals surface area contributed by atoms with E-state index in [-0.39, 0.29) is 6.04 Å². The summed E-state index contributed by atoms with van der Waals surface area (Å²) in [5.74, 6) is 1.86. The van der Waals surface area contributed by atoms with E-state index in [1.807, 2.05) is 42.8 Å². The van der Waals surface area contributed by atoms with Crippen molar-refractivity contribution >= 4 is 11.6 Å². The SMILES string of the molecule is Cc1nnc(CN[C@H](C)c2ccc(Cl)cc2)n1C. The fraction of sp³-hybridized carbons (Fsp3) is 0.385. The van der Waals surface area contributed by atoms with Gasteiger partial charge in [-0.3, -0.25) is 0 Å². The molecule has 0 bridgehead atoms. The van der Waals surface area contributed by atoms with E-state index in [2.05, 4.69) is 22.4 Å². The maximum atomic E-state index is 5.87. The molecule has 0 aliphatic carbocycles. The smallest absolute Gasteiger partial charge is 0.146 e. The van der Waals surface area contributed by atoms with E-state index in [1.54, 1.807) is 0 Å². The van der Waals surface area contributed by atoms with Crippen molar-refractivity contribution in [3.63, 3.8) is 0 Å². The average Bonchev–Trinajstić information content (AvgIpc) is 2.68. The van der Waals surface area contributed by atoms with Crippen LogP contribution in [0, 0.1) is 6.92 Å². The molecule has 1 heterocycles. The second kappa shape index (κ2) is 5.50. The first-order valence-corrected chi connectivity index (χ1v) is 6.29. The molecule has 0 aliphatic heterocycles. The third-order valence-electron chi connectivity index (χ3n) is 3.12. The lowest BCUT2D eigenvalue weighted by atomic mass is 10.1. The van der Waals surface area contributed by atoms with E-state index in [0.717, 1.165) is 16.7 Å². The summed E-state index contributed by atoms with van der Waals surface area (Å²) < 4.78 is 1.99. The Morgan fingerprint density at radius 1 is 1.28 bits per heavy atom. The van der Waals surface area contributed by atoms with E-state index < -0.39 is 0 Å². The quantitative estimate of drug-likeness (QED) is 0.923. The van der Waals surface area contributed by atoms with Crippen LogP contribution in [-0.2, 0) is 13.6 Å². The zero-order valence-electron chi connectivity index (χ0n) is 10.8. The zero-order valence-corrected chi connectivity index (χ0v) is 11.6. The summed E-state index contributed by atoms with van der Waals surface area (Å²) in [5.41, 5.74) is 1.21. The summed E-state index contributed by atoms with van der Waals surface area (Å²) in [6, 6.07) is 8.12. The number of aromatic nitrogens is 3. The number of hydrogen-bond donors (Lipinski definition) is 1. The highest BCUT2D eigenvalue weighted by Crippen LogP contribution is 2.16. The Kier molecular flexibility index (Phi) is 3.99. The number of nitrogens with one attached hydrogen (secondary N) is 1. The molecule has 1 N–H and O–H groups in total. The largest absolute Gasteiger partial charge is 0.317 e. The van der Waals surface area contributed by atoms with Gasteiger partial charge >= 0.3 is 0 Å². The highest BCUT2D eigenvalue weighted by atomic mass is 35.5. The van der Waals surface area contributed by atoms with E-state index >= 15 is 0 Å². The molecule has 0 amide bonds. The molecule has 18 heavy (non-hydrogen) atoms. The second-order valence-corrected chi connectivity index (χ2v) is 4.81. The normalized spacial score (nSPS) is 12.7. The minimum absolute atomic E-state index is 0.249. The molecule has 1 aromatic heterocycles. The van der Waals surface area contributed by atoms with Crippen LogP contribution in [0.5, 0.6) is 0 Å². The van der Waals surface area contributed by atoms with Gasteiger partial charge in [0.1, 0.15) is 11.6 Å². The molecule has 0 saturated heterocycles. The Balaban J connectivity index is 1.98. The van der Waals surface area contributed by atoms with Crippen molar-refractivity contribution in [3.05, 3.63) is 46.5 Å². The van der Waals surface area contributed by atoms with Crippen LogP contribution < -0.4 is 5.32 Å². The average molecular weight is 265 g/mol. The van der Waals surface area contributed by atoms with Crippen LogP contribution in [0.3, 0.4) is 0 Å². The number of hydrogen-bond acceptors (Lipinski definition) is 3. The van der Waals surface area contributed by atoms with Crippen LogP contribution in [0.15, 0.2) is 24.3 Å². The van der Waals surface area contributed by atoms with Gasteiger partial charge < -0.3 is 9.88 Å². The summed E-state index contributed by atoms with van der Waals surface area (Å²) in [4.78, 5) is 0. The molecule has 0 fully saturated rings. The van der Waals surface area contributed by atoms with Crippen molar-refractivity contribution in [1.29, 1.82) is 0 Å². The van der Waals surface area contributed by atoms with Gasteiger partial charge in [0.15, 0.2) is 0 Å². The van der Waals surface area contributed by atoms with Gasteiger partial charge in [0.25, 0.3) is 0 Å². The Morgan fingerprint density at radius 3 is 2.50 bits per heavy atom. The van der Waals surface area contributed by atoms with Crippen LogP contribution >= 0.6 is 11.6 Å². The van der Waals surface area contributed by atoms with Crippen molar-refractivity contribution < 1.29 is 0 Å². The van der Waals surface area contributed by atoms with E-state index in [9.17, 15) is 0 Å². The number of benzene rings is 1. The number of aryl methyl sites for hydroxylation is 1. The molecular weight excluding hydrogens is 248 g/mol. The lowest BCUT2D eigenvalue weighted by molar-refractivity contribution is 0.547. The minimum atomic E-state index is 0.249. The summed E-state index contributed by atoms with van der Waals surface area (Å²) >= 11 is 5.87. The molecule has 0 aliphatic rings.